The van der Waals surface area contributed by atoms with Gasteiger partial charge in [-0.05, 0) is 52.8 Å². The molecule has 0 rings (SSSR count). The number of ether oxygens (including phenoxy) is 1. The first-order chi connectivity index (χ1) is 27.2. The van der Waals surface area contributed by atoms with Gasteiger partial charge in [-0.15, -0.1) is 0 Å². The molecule has 0 radical (unpaired) electrons. The van der Waals surface area contributed by atoms with Crippen molar-refractivity contribution in [3.8, 4) is 0 Å². The maximum atomic E-state index is 10.4. The van der Waals surface area contributed by atoms with Gasteiger partial charge in [0, 0.05) is 84.2 Å². The Balaban J connectivity index is -0.0000000446. The molecule has 0 heterocycles. The number of hydrogen-bond acceptors (Lipinski definition) is 21. The van der Waals surface area contributed by atoms with E-state index in [9.17, 15) is 55.3 Å². The van der Waals surface area contributed by atoms with E-state index in [1.165, 1.54) is 37.6 Å². The summed E-state index contributed by atoms with van der Waals surface area (Å²) in [6.07, 6.45) is 6.17. The van der Waals surface area contributed by atoms with Crippen LogP contribution in [0.4, 0.5) is 0 Å². The molecular formula is C33H91N2O19PS7. The Kier molecular flexibility index (Phi) is 90.4. The van der Waals surface area contributed by atoms with Crippen LogP contribution < -0.4 is 5.32 Å². The van der Waals surface area contributed by atoms with Crippen molar-refractivity contribution in [2.24, 2.45) is 0 Å². The van der Waals surface area contributed by atoms with Crippen LogP contribution in [-0.4, -0.2) is 202 Å². The fourth-order valence-corrected chi connectivity index (χ4v) is 1.71. The molecule has 2 N–H and O–H groups in total. The lowest BCUT2D eigenvalue weighted by Gasteiger charge is -2.01. The van der Waals surface area contributed by atoms with E-state index in [2.05, 4.69) is 36.2 Å². The normalized spacial score (nSPS) is 10.7. The summed E-state index contributed by atoms with van der Waals surface area (Å²) in [4.78, 5) is 9.81. The number of Topliss-reactive ketones (excluding diaryl/α,β-unsaturated/α-hetero) is 1. The van der Waals surface area contributed by atoms with Crippen molar-refractivity contribution in [2.45, 2.75) is 76.2 Å². The number of rotatable bonds is 13. The van der Waals surface area contributed by atoms with Crippen molar-refractivity contribution in [2.75, 3.05) is 136 Å². The minimum absolute atomic E-state index is 0. The Labute approximate surface area is 387 Å². The van der Waals surface area contributed by atoms with Gasteiger partial charge in [0.05, 0.1) is 39.6 Å². The van der Waals surface area contributed by atoms with Gasteiger partial charge in [-0.2, -0.15) is 16.8 Å². The summed E-state index contributed by atoms with van der Waals surface area (Å²) >= 11 is 1.46. The van der Waals surface area contributed by atoms with Crippen molar-refractivity contribution in [1.82, 2.24) is 9.79 Å². The first kappa shape index (κ1) is 92.1. The predicted molar refractivity (Wildman–Crippen MR) is 265 cm³/mol. The second-order valence-electron chi connectivity index (χ2n) is 10.5. The van der Waals surface area contributed by atoms with Gasteiger partial charge in [0.15, 0.2) is 0 Å². The van der Waals surface area contributed by atoms with Crippen molar-refractivity contribution in [1.29, 1.82) is 0 Å². The molecule has 0 spiro atoms. The summed E-state index contributed by atoms with van der Waals surface area (Å²) in [6, 6.07) is 0. The molecule has 62 heavy (non-hydrogen) atoms. The lowest BCUT2D eigenvalue weighted by molar-refractivity contribution is -0.116. The van der Waals surface area contributed by atoms with E-state index in [0.29, 0.717) is 6.42 Å². The maximum Gasteiger partial charge on any atom is 0.266 e. The highest BCUT2D eigenvalue weighted by Gasteiger charge is 2.03. The van der Waals surface area contributed by atoms with E-state index >= 15 is 0 Å². The molecule has 0 bridgehead atoms. The third kappa shape index (κ3) is 171. The fourth-order valence-electron chi connectivity index (χ4n) is 0.569. The Morgan fingerprint density at radius 1 is 0.645 bits per heavy atom. The zero-order valence-corrected chi connectivity index (χ0v) is 47.8. The molecule has 0 aromatic rings. The van der Waals surface area contributed by atoms with E-state index in [-0.39, 0.29) is 54.6 Å². The summed E-state index contributed by atoms with van der Waals surface area (Å²) in [5, 5.41) is 10.9. The molecule has 0 aliphatic rings. The summed E-state index contributed by atoms with van der Waals surface area (Å²) < 4.78 is 143. The molecule has 0 aromatic heterocycles. The van der Waals surface area contributed by atoms with E-state index < -0.39 is 59.8 Å². The second kappa shape index (κ2) is 60.8. The van der Waals surface area contributed by atoms with E-state index in [1.807, 2.05) is 27.9 Å². The van der Waals surface area contributed by atoms with Crippen LogP contribution in [0.5, 0.6) is 0 Å². The Morgan fingerprint density at radius 3 is 0.887 bits per heavy atom. The molecule has 0 saturated heterocycles. The van der Waals surface area contributed by atoms with Crippen molar-refractivity contribution < 1.29 is 82.3 Å². The molecule has 1 atom stereocenters. The highest BCUT2D eigenvalue weighted by atomic mass is 32.2. The number of nitrogens with zero attached hydrogens (tertiary/aromatic N) is 1. The lowest BCUT2D eigenvalue weighted by atomic mass is 10.4. The van der Waals surface area contributed by atoms with Crippen LogP contribution in [0.25, 0.3) is 0 Å². The molecular weight excluding hydrogens is 984 g/mol. The average molecular weight is 1080 g/mol. The van der Waals surface area contributed by atoms with Crippen molar-refractivity contribution >= 4 is 85.7 Å². The zero-order valence-electron chi connectivity index (χ0n) is 41.2. The predicted octanol–water partition coefficient (Wildman–Crippen LogP) is 4.08. The monoisotopic (exact) mass is 1070 g/mol. The Hall–Kier alpha value is -0.170. The molecule has 0 saturated carbocycles. The summed E-state index contributed by atoms with van der Waals surface area (Å²) in [7, 11) is -3.97. The number of carbonyl (C=O) groups is 1. The van der Waals surface area contributed by atoms with Crippen LogP contribution in [0, 0.1) is 0 Å². The van der Waals surface area contributed by atoms with Gasteiger partial charge >= 0.3 is 0 Å². The van der Waals surface area contributed by atoms with Crippen LogP contribution in [0.1, 0.15) is 76.2 Å². The minimum Gasteiger partial charge on any atom is -0.388 e. The number of sulfonamides is 1. The lowest BCUT2D eigenvalue weighted by Crippen LogP contribution is -2.20. The van der Waals surface area contributed by atoms with Crippen LogP contribution >= 0.6 is 20.2 Å². The molecule has 0 aromatic carbocycles. The Bertz CT molecular complexity index is 1390. The van der Waals surface area contributed by atoms with Gasteiger partial charge in [-0.1, -0.05) is 60.4 Å². The first-order valence-electron chi connectivity index (χ1n) is 17.8. The molecule has 394 valence electrons. The number of nitrogens with one attached hydrogen (secondary N) is 1. The molecule has 21 nitrogen and oxygen atoms in total. The maximum absolute atomic E-state index is 10.4. The van der Waals surface area contributed by atoms with Crippen LogP contribution in [0.2, 0.25) is 0 Å². The van der Waals surface area contributed by atoms with Crippen molar-refractivity contribution in [3.63, 3.8) is 0 Å². The van der Waals surface area contributed by atoms with Crippen LogP contribution in [0.3, 0.4) is 0 Å². The van der Waals surface area contributed by atoms with Gasteiger partial charge in [0.25, 0.3) is 20.2 Å². The summed E-state index contributed by atoms with van der Waals surface area (Å²) in [6.45, 7) is 17.8. The highest BCUT2D eigenvalue weighted by Crippen LogP contribution is 2.28. The second-order valence-corrected chi connectivity index (χ2v) is 27.2. The molecule has 1 unspecified atom stereocenters. The number of hydroxylamine groups is 1. The third-order valence-electron chi connectivity index (χ3n) is 4.81. The first-order valence-corrected chi connectivity index (χ1v) is 31.8. The molecule has 29 heteroatoms. The number of sulfone groups is 3. The molecule has 0 aliphatic heterocycles. The number of hydrogen-bond donors (Lipinski definition) is 2. The minimum atomic E-state index is -3.35. The van der Waals surface area contributed by atoms with E-state index in [1.54, 1.807) is 63.1 Å². The molecule has 0 aliphatic carbocycles. The largest absolute Gasteiger partial charge is 0.388 e. The molecule has 0 fully saturated rings. The van der Waals surface area contributed by atoms with Gasteiger partial charge in [0.1, 0.15) is 35.3 Å². The van der Waals surface area contributed by atoms with Gasteiger partial charge in [-0.25, -0.2) is 33.7 Å². The smallest absolute Gasteiger partial charge is 0.266 e. The number of carbonyl (C=O) groups excluding carboxylic acids is 1. The van der Waals surface area contributed by atoms with Gasteiger partial charge < -0.3 is 23.6 Å². The Morgan fingerprint density at radius 2 is 0.887 bits per heavy atom. The fraction of sp³-hybridized carbons (Fsp3) is 0.970. The van der Waals surface area contributed by atoms with Gasteiger partial charge in [-0.3, -0.25) is 13.6 Å². The standard InChI is InChI=1S/C4H10O2S.C4H11OP.C4H8O.C3H8O3S.2C3H8O2S.C3H8OS.C2H7NO3S.C2H7N.C2H6O3S.C2H6O.CH4/c1-3-7(5,6)4-2;1-4-6(3)5-2;1-3-4(2)5;1-3-7(4,5)6-2;2*1-3-6(2,4)5;1-3-5-4-2;1-3(4)7(2,5)6;1-3-2;1-5-6(2,3)4;1-3-2;/h3-4H2,1-2H3;4H2,1-3H3;3H2,1-2H3;3H2,1-2H3;2*3H2,1-2H3;3H2,1-2H3;4H,1-2H3;3H,1-2H3;1-2H3;1-2H3;1H4. The van der Waals surface area contributed by atoms with Gasteiger partial charge in [0.2, 0.25) is 10.0 Å². The van der Waals surface area contributed by atoms with Crippen LogP contribution in [-0.2, 0) is 86.4 Å². The molecule has 0 amide bonds. The zero-order chi connectivity index (χ0) is 52.3. The number of ketones is 1. The number of methoxy groups -OCH3 is 1. The topological polar surface area (TPSA) is 304 Å². The van der Waals surface area contributed by atoms with E-state index in [0.717, 1.165) is 39.5 Å². The van der Waals surface area contributed by atoms with Crippen molar-refractivity contribution in [3.05, 3.63) is 0 Å². The SMILES string of the molecule is C.CCC(C)=O.CCP(C)OC.CCS(=O)(=O)CC.CCS(=O)(=O)OC.CCS(C)(=O)=O.CCS(C)(=O)=O.CCSOC.CN(O)S(C)(=O)=O.CNC.COC.COS(C)(=O)=O. The summed E-state index contributed by atoms with van der Waals surface area (Å²) in [5.41, 5.74) is 0. The average Bonchev–Trinajstić information content (AvgIpc) is 3.16. The van der Waals surface area contributed by atoms with E-state index in [4.69, 9.17) is 9.73 Å². The van der Waals surface area contributed by atoms with Crippen LogP contribution in [0.15, 0.2) is 0 Å². The summed E-state index contributed by atoms with van der Waals surface area (Å²) in [5.74, 6) is 2.36. The quantitative estimate of drug-likeness (QED) is 0.114. The third-order valence-corrected chi connectivity index (χ3v) is 13.4. The highest BCUT2D eigenvalue weighted by molar-refractivity contribution is 7.94.